The van der Waals surface area contributed by atoms with Gasteiger partial charge >= 0.3 is 5.97 Å². The van der Waals surface area contributed by atoms with Crippen molar-refractivity contribution in [1.29, 1.82) is 0 Å². The first-order valence-electron chi connectivity index (χ1n) is 3.78. The maximum Gasteiger partial charge on any atom is 0.317 e. The van der Waals surface area contributed by atoms with Crippen molar-refractivity contribution in [3.63, 3.8) is 0 Å². The molecule has 0 aliphatic heterocycles. The molecule has 5 heteroatoms. The molecule has 5 nitrogen and oxygen atoms in total. The number of carboxylic acid groups (broad SMARTS) is 1. The van der Waals surface area contributed by atoms with Crippen molar-refractivity contribution in [3.8, 4) is 0 Å². The molecule has 0 aromatic carbocycles. The summed E-state index contributed by atoms with van der Waals surface area (Å²) in [6.45, 7) is 0.122. The number of nitrogens with one attached hydrogen (secondary N) is 2. The largest absolute Gasteiger partial charge is 0.480 e. The first-order chi connectivity index (χ1) is 6.20. The summed E-state index contributed by atoms with van der Waals surface area (Å²) in [5, 5.41) is 10.9. The van der Waals surface area contributed by atoms with Crippen LogP contribution in [0.15, 0.2) is 23.3 Å². The minimum absolute atomic E-state index is 0.100. The van der Waals surface area contributed by atoms with Crippen LogP contribution in [0.3, 0.4) is 0 Å². The van der Waals surface area contributed by atoms with Crippen LogP contribution in [0.4, 0.5) is 0 Å². The summed E-state index contributed by atoms with van der Waals surface area (Å²) >= 11 is 0. The van der Waals surface area contributed by atoms with Gasteiger partial charge in [0, 0.05) is 30.6 Å². The lowest BCUT2D eigenvalue weighted by Crippen LogP contribution is -2.24. The molecule has 1 heterocycles. The van der Waals surface area contributed by atoms with E-state index < -0.39 is 5.97 Å². The fourth-order valence-corrected chi connectivity index (χ4v) is 0.893. The monoisotopic (exact) mass is 182 g/mol. The van der Waals surface area contributed by atoms with E-state index >= 15 is 0 Å². The van der Waals surface area contributed by atoms with Crippen LogP contribution in [0.5, 0.6) is 0 Å². The zero-order valence-corrected chi connectivity index (χ0v) is 6.91. The minimum atomic E-state index is -0.938. The number of aliphatic carboxylic acids is 1. The van der Waals surface area contributed by atoms with E-state index in [-0.39, 0.29) is 18.5 Å². The molecule has 1 aromatic heterocycles. The predicted octanol–water partition coefficient (Wildman–Crippen LogP) is -0.451. The van der Waals surface area contributed by atoms with Crippen LogP contribution in [-0.4, -0.2) is 22.6 Å². The molecule has 0 aliphatic rings. The highest BCUT2D eigenvalue weighted by atomic mass is 16.4. The number of aromatic amines is 1. The first-order valence-corrected chi connectivity index (χ1v) is 3.78. The van der Waals surface area contributed by atoms with E-state index in [2.05, 4.69) is 10.3 Å². The van der Waals surface area contributed by atoms with Crippen molar-refractivity contribution in [1.82, 2.24) is 10.3 Å². The van der Waals surface area contributed by atoms with Gasteiger partial charge < -0.3 is 15.4 Å². The molecule has 0 atom stereocenters. The van der Waals surface area contributed by atoms with E-state index in [1.165, 1.54) is 12.3 Å². The molecule has 0 bridgehead atoms. The average Bonchev–Trinajstić information content (AvgIpc) is 2.08. The van der Waals surface area contributed by atoms with Gasteiger partial charge in [-0.3, -0.25) is 9.59 Å². The molecule has 0 radical (unpaired) electrons. The van der Waals surface area contributed by atoms with Crippen LogP contribution < -0.4 is 10.7 Å². The van der Waals surface area contributed by atoms with Gasteiger partial charge in [0.2, 0.25) is 0 Å². The fraction of sp³-hybridized carbons (Fsp3) is 0.250. The van der Waals surface area contributed by atoms with E-state index in [0.29, 0.717) is 5.56 Å². The molecule has 0 saturated carbocycles. The maximum atomic E-state index is 11.1. The topological polar surface area (TPSA) is 82.2 Å². The van der Waals surface area contributed by atoms with Crippen molar-refractivity contribution in [2.45, 2.75) is 6.54 Å². The molecular weight excluding hydrogens is 172 g/mol. The van der Waals surface area contributed by atoms with Gasteiger partial charge in [-0.25, -0.2) is 0 Å². The number of hydrogen-bond donors (Lipinski definition) is 3. The van der Waals surface area contributed by atoms with Gasteiger partial charge in [-0.1, -0.05) is 0 Å². The summed E-state index contributed by atoms with van der Waals surface area (Å²) in [4.78, 5) is 24.0. The third kappa shape index (κ3) is 3.08. The molecule has 13 heavy (non-hydrogen) atoms. The number of aromatic nitrogens is 1. The predicted molar refractivity (Wildman–Crippen MR) is 46.4 cm³/mol. The molecule has 70 valence electrons. The Morgan fingerprint density at radius 1 is 1.62 bits per heavy atom. The van der Waals surface area contributed by atoms with Gasteiger partial charge in [0.05, 0.1) is 6.54 Å². The minimum Gasteiger partial charge on any atom is -0.480 e. The average molecular weight is 182 g/mol. The van der Waals surface area contributed by atoms with Crippen molar-refractivity contribution in [3.05, 3.63) is 34.2 Å². The lowest BCUT2D eigenvalue weighted by Gasteiger charge is -1.99. The maximum absolute atomic E-state index is 11.1. The summed E-state index contributed by atoms with van der Waals surface area (Å²) in [6.07, 6.45) is 3.08. The quantitative estimate of drug-likeness (QED) is 0.589. The standard InChI is InChI=1S/C8H10N2O3/c11-7-1-2-9-3-6(7)4-10-5-8(12)13/h1-3,10H,4-5H2,(H,9,11)(H,12,13). The molecular formula is C8H10N2O3. The third-order valence-corrected chi connectivity index (χ3v) is 1.50. The number of H-pyrrole nitrogens is 1. The van der Waals surface area contributed by atoms with E-state index in [4.69, 9.17) is 5.11 Å². The zero-order valence-electron chi connectivity index (χ0n) is 6.91. The second-order valence-corrected chi connectivity index (χ2v) is 2.53. The summed E-state index contributed by atoms with van der Waals surface area (Å²) in [7, 11) is 0. The highest BCUT2D eigenvalue weighted by molar-refractivity contribution is 5.68. The van der Waals surface area contributed by atoms with E-state index in [1.807, 2.05) is 0 Å². The third-order valence-electron chi connectivity index (χ3n) is 1.50. The molecule has 0 spiro atoms. The Labute approximate surface area is 74.4 Å². The number of carbonyl (C=O) groups is 1. The summed E-state index contributed by atoms with van der Waals surface area (Å²) < 4.78 is 0. The van der Waals surface area contributed by atoms with Crippen LogP contribution in [0.25, 0.3) is 0 Å². The molecule has 0 aliphatic carbocycles. The molecule has 0 fully saturated rings. The molecule has 1 aromatic rings. The molecule has 0 unspecified atom stereocenters. The van der Waals surface area contributed by atoms with Crippen LogP contribution in [0.2, 0.25) is 0 Å². The van der Waals surface area contributed by atoms with Crippen molar-refractivity contribution in [2.75, 3.05) is 6.54 Å². The highest BCUT2D eigenvalue weighted by Crippen LogP contribution is 1.85. The summed E-state index contributed by atoms with van der Waals surface area (Å²) in [6, 6.07) is 1.40. The smallest absolute Gasteiger partial charge is 0.317 e. The van der Waals surface area contributed by atoms with Gasteiger partial charge in [0.1, 0.15) is 0 Å². The molecule has 0 amide bonds. The summed E-state index contributed by atoms with van der Waals surface area (Å²) in [5.41, 5.74) is 0.431. The Bertz CT molecular complexity index is 345. The van der Waals surface area contributed by atoms with E-state index in [1.54, 1.807) is 6.20 Å². The summed E-state index contributed by atoms with van der Waals surface area (Å²) in [5.74, 6) is -0.938. The lowest BCUT2D eigenvalue weighted by molar-refractivity contribution is -0.135. The van der Waals surface area contributed by atoms with E-state index in [0.717, 1.165) is 0 Å². The van der Waals surface area contributed by atoms with Crippen LogP contribution >= 0.6 is 0 Å². The van der Waals surface area contributed by atoms with Crippen LogP contribution in [0, 0.1) is 0 Å². The van der Waals surface area contributed by atoms with Gasteiger partial charge in [0.25, 0.3) is 0 Å². The number of hydrogen-bond acceptors (Lipinski definition) is 3. The Kier molecular flexibility index (Phi) is 3.22. The number of carboxylic acids is 1. The van der Waals surface area contributed by atoms with Gasteiger partial charge in [0.15, 0.2) is 5.43 Å². The van der Waals surface area contributed by atoms with Crippen molar-refractivity contribution >= 4 is 5.97 Å². The SMILES string of the molecule is O=C(O)CNCc1c[nH]ccc1=O. The molecule has 0 saturated heterocycles. The van der Waals surface area contributed by atoms with Crippen molar-refractivity contribution < 1.29 is 9.90 Å². The molecule has 1 rings (SSSR count). The van der Waals surface area contributed by atoms with E-state index in [9.17, 15) is 9.59 Å². The highest BCUT2D eigenvalue weighted by Gasteiger charge is 1.99. The zero-order chi connectivity index (χ0) is 9.68. The molecule has 3 N–H and O–H groups in total. The fourth-order valence-electron chi connectivity index (χ4n) is 0.893. The van der Waals surface area contributed by atoms with Crippen molar-refractivity contribution in [2.24, 2.45) is 0 Å². The van der Waals surface area contributed by atoms with Crippen LogP contribution in [0.1, 0.15) is 5.56 Å². The number of rotatable bonds is 4. The van der Waals surface area contributed by atoms with Crippen LogP contribution in [-0.2, 0) is 11.3 Å². The Morgan fingerprint density at radius 3 is 3.00 bits per heavy atom. The van der Waals surface area contributed by atoms with Gasteiger partial charge in [-0.05, 0) is 0 Å². The second kappa shape index (κ2) is 4.42. The Hall–Kier alpha value is -1.62. The Morgan fingerprint density at radius 2 is 2.38 bits per heavy atom. The number of pyridine rings is 1. The van der Waals surface area contributed by atoms with Gasteiger partial charge in [-0.15, -0.1) is 0 Å². The normalized spacial score (nSPS) is 9.85. The second-order valence-electron chi connectivity index (χ2n) is 2.53. The Balaban J connectivity index is 2.50. The van der Waals surface area contributed by atoms with Gasteiger partial charge in [-0.2, -0.15) is 0 Å². The first kappa shape index (κ1) is 9.47. The lowest BCUT2D eigenvalue weighted by atomic mass is 10.3.